The molecule has 0 aliphatic carbocycles. The Labute approximate surface area is 115 Å². The Morgan fingerprint density at radius 3 is 2.42 bits per heavy atom. The average molecular weight is 264 g/mol. The summed E-state index contributed by atoms with van der Waals surface area (Å²) in [5.74, 6) is 1.33. The van der Waals surface area contributed by atoms with Gasteiger partial charge >= 0.3 is 0 Å². The Kier molecular flexibility index (Phi) is 6.36. The monoisotopic (exact) mass is 264 g/mol. The largest absolute Gasteiger partial charge is 0.497 e. The average Bonchev–Trinajstić information content (AvgIpc) is 2.38. The Morgan fingerprint density at radius 1 is 1.32 bits per heavy atom. The second-order valence-electron chi connectivity index (χ2n) is 5.15. The zero-order valence-electron chi connectivity index (χ0n) is 12.0. The van der Waals surface area contributed by atoms with Crippen LogP contribution < -0.4 is 15.8 Å². The number of carbonyl (C=O) groups is 1. The molecule has 0 fully saturated rings. The number of amides is 1. The number of nitrogens with one attached hydrogen (secondary N) is 1. The van der Waals surface area contributed by atoms with Gasteiger partial charge in [0, 0.05) is 12.6 Å². The van der Waals surface area contributed by atoms with Crippen molar-refractivity contribution in [2.45, 2.75) is 32.7 Å². The number of carbonyl (C=O) groups excluding carboxylic acids is 1. The van der Waals surface area contributed by atoms with Crippen molar-refractivity contribution in [2.24, 2.45) is 11.7 Å². The number of methoxy groups -OCH3 is 1. The third-order valence-corrected chi connectivity index (χ3v) is 2.93. The minimum absolute atomic E-state index is 0.0151. The van der Waals surface area contributed by atoms with Gasteiger partial charge in [-0.15, -0.1) is 0 Å². The van der Waals surface area contributed by atoms with E-state index < -0.39 is 0 Å². The van der Waals surface area contributed by atoms with Gasteiger partial charge in [0.15, 0.2) is 0 Å². The number of hydrogen-bond donors (Lipinski definition) is 2. The van der Waals surface area contributed by atoms with Gasteiger partial charge in [0.05, 0.1) is 13.5 Å². The molecule has 0 saturated heterocycles. The molecule has 0 aromatic heterocycles. The van der Waals surface area contributed by atoms with Gasteiger partial charge in [0.25, 0.3) is 0 Å². The van der Waals surface area contributed by atoms with E-state index >= 15 is 0 Å². The van der Waals surface area contributed by atoms with Crippen LogP contribution in [-0.2, 0) is 11.2 Å². The van der Waals surface area contributed by atoms with Crippen LogP contribution in [0.1, 0.15) is 25.8 Å². The van der Waals surface area contributed by atoms with E-state index in [2.05, 4.69) is 19.2 Å². The second kappa shape index (κ2) is 7.79. The van der Waals surface area contributed by atoms with Crippen molar-refractivity contribution in [3.05, 3.63) is 29.8 Å². The molecule has 0 spiro atoms. The summed E-state index contributed by atoms with van der Waals surface area (Å²) in [6.07, 6.45) is 1.28. The first-order valence-electron chi connectivity index (χ1n) is 6.67. The number of rotatable bonds is 7. The quantitative estimate of drug-likeness (QED) is 0.788. The van der Waals surface area contributed by atoms with Gasteiger partial charge in [-0.05, 0) is 30.0 Å². The first-order chi connectivity index (χ1) is 9.05. The van der Waals surface area contributed by atoms with Crippen LogP contribution in [-0.4, -0.2) is 25.6 Å². The Morgan fingerprint density at radius 2 is 1.95 bits per heavy atom. The Bertz CT molecular complexity index is 388. The maximum absolute atomic E-state index is 11.9. The highest BCUT2D eigenvalue weighted by molar-refractivity contribution is 5.78. The molecule has 0 bridgehead atoms. The molecule has 1 aromatic rings. The number of ether oxygens (including phenoxy) is 1. The van der Waals surface area contributed by atoms with Crippen LogP contribution in [0.2, 0.25) is 0 Å². The highest BCUT2D eigenvalue weighted by Crippen LogP contribution is 2.12. The second-order valence-corrected chi connectivity index (χ2v) is 5.15. The SMILES string of the molecule is COc1ccc(CC(=O)NC(CN)CC(C)C)cc1. The molecule has 106 valence electrons. The van der Waals surface area contributed by atoms with Crippen molar-refractivity contribution in [3.63, 3.8) is 0 Å². The summed E-state index contributed by atoms with van der Waals surface area (Å²) >= 11 is 0. The molecule has 3 N–H and O–H groups in total. The zero-order valence-corrected chi connectivity index (χ0v) is 12.0. The molecular formula is C15H24N2O2. The van der Waals surface area contributed by atoms with Crippen LogP contribution in [0.4, 0.5) is 0 Å². The molecule has 0 heterocycles. The summed E-state index contributed by atoms with van der Waals surface area (Å²) < 4.78 is 5.08. The molecule has 4 nitrogen and oxygen atoms in total. The number of benzene rings is 1. The van der Waals surface area contributed by atoms with Crippen molar-refractivity contribution in [1.82, 2.24) is 5.32 Å². The van der Waals surface area contributed by atoms with Crippen molar-refractivity contribution in [1.29, 1.82) is 0 Å². The molecule has 0 saturated carbocycles. The molecule has 1 aromatic carbocycles. The smallest absolute Gasteiger partial charge is 0.224 e. The zero-order chi connectivity index (χ0) is 14.3. The van der Waals surface area contributed by atoms with E-state index in [4.69, 9.17) is 10.5 Å². The van der Waals surface area contributed by atoms with Crippen LogP contribution in [0.25, 0.3) is 0 Å². The molecule has 19 heavy (non-hydrogen) atoms. The van der Waals surface area contributed by atoms with Crippen molar-refractivity contribution in [2.75, 3.05) is 13.7 Å². The van der Waals surface area contributed by atoms with E-state index in [1.165, 1.54) is 0 Å². The summed E-state index contributed by atoms with van der Waals surface area (Å²) in [5.41, 5.74) is 6.64. The van der Waals surface area contributed by atoms with Crippen molar-refractivity contribution < 1.29 is 9.53 Å². The molecule has 1 amide bonds. The molecule has 0 aliphatic heterocycles. The van der Waals surface area contributed by atoms with Crippen molar-refractivity contribution >= 4 is 5.91 Å². The molecule has 0 aliphatic rings. The van der Waals surface area contributed by atoms with Gasteiger partial charge < -0.3 is 15.8 Å². The van der Waals surface area contributed by atoms with Gasteiger partial charge in [-0.3, -0.25) is 4.79 Å². The number of nitrogens with two attached hydrogens (primary N) is 1. The molecule has 1 unspecified atom stereocenters. The molecule has 1 rings (SSSR count). The summed E-state index contributed by atoms with van der Waals surface area (Å²) in [7, 11) is 1.62. The predicted molar refractivity (Wildman–Crippen MR) is 77.1 cm³/mol. The molecular weight excluding hydrogens is 240 g/mol. The lowest BCUT2D eigenvalue weighted by molar-refractivity contribution is -0.121. The van der Waals surface area contributed by atoms with Gasteiger partial charge in [-0.1, -0.05) is 26.0 Å². The van der Waals surface area contributed by atoms with Gasteiger partial charge in [0.2, 0.25) is 5.91 Å². The maximum atomic E-state index is 11.9. The minimum atomic E-state index is 0.0151. The Balaban J connectivity index is 2.49. The molecule has 1 atom stereocenters. The molecule has 0 radical (unpaired) electrons. The van der Waals surface area contributed by atoms with E-state index in [0.29, 0.717) is 18.9 Å². The predicted octanol–water partition coefficient (Wildman–Crippen LogP) is 1.73. The summed E-state index contributed by atoms with van der Waals surface area (Å²) in [6.45, 7) is 4.73. The Hall–Kier alpha value is -1.55. The van der Waals surface area contributed by atoms with E-state index in [1.807, 2.05) is 24.3 Å². The van der Waals surface area contributed by atoms with E-state index in [-0.39, 0.29) is 11.9 Å². The van der Waals surface area contributed by atoms with Gasteiger partial charge in [0.1, 0.15) is 5.75 Å². The topological polar surface area (TPSA) is 64.3 Å². The lowest BCUT2D eigenvalue weighted by atomic mass is 10.0. The van der Waals surface area contributed by atoms with Crippen LogP contribution in [0.3, 0.4) is 0 Å². The molecule has 4 heteroatoms. The van der Waals surface area contributed by atoms with Gasteiger partial charge in [-0.2, -0.15) is 0 Å². The summed E-state index contributed by atoms with van der Waals surface area (Å²) in [6, 6.07) is 7.58. The summed E-state index contributed by atoms with van der Waals surface area (Å²) in [4.78, 5) is 11.9. The fourth-order valence-electron chi connectivity index (χ4n) is 1.99. The van der Waals surface area contributed by atoms with E-state index in [0.717, 1.165) is 17.7 Å². The lowest BCUT2D eigenvalue weighted by Gasteiger charge is -2.18. The highest BCUT2D eigenvalue weighted by Gasteiger charge is 2.12. The normalized spacial score (nSPS) is 12.3. The van der Waals surface area contributed by atoms with Crippen LogP contribution >= 0.6 is 0 Å². The number of hydrogen-bond acceptors (Lipinski definition) is 3. The van der Waals surface area contributed by atoms with Crippen LogP contribution in [0.5, 0.6) is 5.75 Å². The fraction of sp³-hybridized carbons (Fsp3) is 0.533. The first kappa shape index (κ1) is 15.5. The van der Waals surface area contributed by atoms with Crippen LogP contribution in [0.15, 0.2) is 24.3 Å². The third-order valence-electron chi connectivity index (χ3n) is 2.93. The lowest BCUT2D eigenvalue weighted by Crippen LogP contribution is -2.41. The van der Waals surface area contributed by atoms with Gasteiger partial charge in [-0.25, -0.2) is 0 Å². The third kappa shape index (κ3) is 5.75. The highest BCUT2D eigenvalue weighted by atomic mass is 16.5. The van der Waals surface area contributed by atoms with E-state index in [1.54, 1.807) is 7.11 Å². The minimum Gasteiger partial charge on any atom is -0.497 e. The first-order valence-corrected chi connectivity index (χ1v) is 6.67. The summed E-state index contributed by atoms with van der Waals surface area (Å²) in [5, 5.41) is 2.98. The standard InChI is InChI=1S/C15H24N2O2/c1-11(2)8-13(10-16)17-15(18)9-12-4-6-14(19-3)7-5-12/h4-7,11,13H,8-10,16H2,1-3H3,(H,17,18). The van der Waals surface area contributed by atoms with Crippen LogP contribution in [0, 0.1) is 5.92 Å². The fourth-order valence-corrected chi connectivity index (χ4v) is 1.99. The van der Waals surface area contributed by atoms with E-state index in [9.17, 15) is 4.79 Å². The maximum Gasteiger partial charge on any atom is 0.224 e. The van der Waals surface area contributed by atoms with Crippen molar-refractivity contribution in [3.8, 4) is 5.75 Å².